The molecule has 0 aliphatic carbocycles. The number of carbonyl (C=O) groups excluding carboxylic acids is 2. The van der Waals surface area contributed by atoms with Gasteiger partial charge in [-0.3, -0.25) is 19.0 Å². The molecule has 1 atom stereocenters. The lowest BCUT2D eigenvalue weighted by Gasteiger charge is -2.16. The number of rotatable bonds is 7. The second kappa shape index (κ2) is 9.69. The number of anilines is 1. The van der Waals surface area contributed by atoms with Crippen molar-refractivity contribution in [3.8, 4) is 0 Å². The number of nitrogens with one attached hydrogen (secondary N) is 1. The summed E-state index contributed by atoms with van der Waals surface area (Å²) in [5, 5.41) is 2.41. The van der Waals surface area contributed by atoms with E-state index in [1.807, 2.05) is 0 Å². The average Bonchev–Trinajstić information content (AvgIpc) is 2.75. The molecule has 162 valence electrons. The van der Waals surface area contributed by atoms with Gasteiger partial charge >= 0.3 is 5.97 Å². The van der Waals surface area contributed by atoms with Crippen LogP contribution in [0.25, 0.3) is 10.9 Å². The molecule has 0 fully saturated rings. The lowest BCUT2D eigenvalue weighted by atomic mass is 10.2. The monoisotopic (exact) mass is 447 g/mol. The highest BCUT2D eigenvalue weighted by molar-refractivity contribution is 8.00. The van der Waals surface area contributed by atoms with Crippen LogP contribution < -0.4 is 10.9 Å². The van der Waals surface area contributed by atoms with Gasteiger partial charge in [0.05, 0.1) is 29.7 Å². The van der Waals surface area contributed by atoms with Crippen molar-refractivity contribution in [2.75, 3.05) is 12.4 Å². The van der Waals surface area contributed by atoms with Crippen molar-refractivity contribution in [3.05, 3.63) is 64.5 Å². The highest BCUT2D eigenvalue weighted by atomic mass is 32.2. The largest absolute Gasteiger partial charge is 0.469 e. The lowest BCUT2D eigenvalue weighted by molar-refractivity contribution is -0.140. The number of ether oxygens (including phenoxy) is 1. The third-order valence-corrected chi connectivity index (χ3v) is 5.52. The number of hydrogen-bond acceptors (Lipinski definition) is 6. The van der Waals surface area contributed by atoms with E-state index in [4.69, 9.17) is 0 Å². The zero-order valence-corrected chi connectivity index (χ0v) is 17.5. The molecule has 0 saturated carbocycles. The molecule has 3 rings (SSSR count). The van der Waals surface area contributed by atoms with Gasteiger partial charge in [-0.2, -0.15) is 0 Å². The topological polar surface area (TPSA) is 90.3 Å². The van der Waals surface area contributed by atoms with Crippen LogP contribution in [-0.4, -0.2) is 33.8 Å². The first kappa shape index (κ1) is 22.4. The van der Waals surface area contributed by atoms with Crippen LogP contribution >= 0.6 is 11.8 Å². The number of hydrogen-bond donors (Lipinski definition) is 1. The third kappa shape index (κ3) is 5.26. The van der Waals surface area contributed by atoms with Crippen LogP contribution in [0.5, 0.6) is 0 Å². The summed E-state index contributed by atoms with van der Waals surface area (Å²) >= 11 is 1.01. The van der Waals surface area contributed by atoms with Crippen molar-refractivity contribution in [2.24, 2.45) is 0 Å². The number of halogens is 2. The molecule has 1 unspecified atom stereocenters. The van der Waals surface area contributed by atoms with Crippen molar-refractivity contribution in [1.82, 2.24) is 9.55 Å². The summed E-state index contributed by atoms with van der Waals surface area (Å²) in [7, 11) is 1.25. The fourth-order valence-electron chi connectivity index (χ4n) is 2.77. The number of methoxy groups -OCH3 is 1. The van der Waals surface area contributed by atoms with Crippen molar-refractivity contribution < 1.29 is 23.1 Å². The highest BCUT2D eigenvalue weighted by Crippen LogP contribution is 2.24. The Morgan fingerprint density at radius 1 is 1.19 bits per heavy atom. The Hall–Kier alpha value is -3.27. The first-order chi connectivity index (χ1) is 14.8. The van der Waals surface area contributed by atoms with Crippen LogP contribution in [0, 0.1) is 11.6 Å². The maximum atomic E-state index is 13.4. The quantitative estimate of drug-likeness (QED) is 0.339. The van der Waals surface area contributed by atoms with E-state index in [1.165, 1.54) is 17.7 Å². The number of amides is 1. The zero-order valence-electron chi connectivity index (χ0n) is 16.7. The molecule has 10 heteroatoms. The minimum atomic E-state index is -1.08. The second-order valence-corrected chi connectivity index (χ2v) is 7.88. The van der Waals surface area contributed by atoms with Crippen LogP contribution in [0.4, 0.5) is 14.5 Å². The Kier molecular flexibility index (Phi) is 7.01. The Morgan fingerprint density at radius 3 is 2.65 bits per heavy atom. The molecule has 0 saturated heterocycles. The minimum absolute atomic E-state index is 0.0309. The van der Waals surface area contributed by atoms with Crippen molar-refractivity contribution in [1.29, 1.82) is 0 Å². The Morgan fingerprint density at radius 2 is 1.94 bits per heavy atom. The van der Waals surface area contributed by atoms with Gasteiger partial charge in [0.2, 0.25) is 5.91 Å². The van der Waals surface area contributed by atoms with E-state index in [1.54, 1.807) is 31.2 Å². The number of benzene rings is 2. The van der Waals surface area contributed by atoms with E-state index in [9.17, 15) is 23.2 Å². The molecule has 7 nitrogen and oxygen atoms in total. The summed E-state index contributed by atoms with van der Waals surface area (Å²) in [6.07, 6.45) is -0.0422. The first-order valence-corrected chi connectivity index (χ1v) is 10.2. The summed E-state index contributed by atoms with van der Waals surface area (Å²) < 4.78 is 32.4. The molecule has 0 spiro atoms. The number of carbonyl (C=O) groups is 2. The molecule has 31 heavy (non-hydrogen) atoms. The van der Waals surface area contributed by atoms with Gasteiger partial charge in [-0.25, -0.2) is 13.8 Å². The van der Waals surface area contributed by atoms with Crippen LogP contribution in [0.3, 0.4) is 0 Å². The number of fused-ring (bicyclic) bond motifs is 1. The number of esters is 1. The fraction of sp³-hybridized carbons (Fsp3) is 0.238. The smallest absolute Gasteiger partial charge is 0.307 e. The molecule has 2 aromatic carbocycles. The van der Waals surface area contributed by atoms with Gasteiger partial charge in [-0.15, -0.1) is 0 Å². The van der Waals surface area contributed by atoms with E-state index in [-0.39, 0.29) is 29.4 Å². The Balaban J connectivity index is 1.87. The molecule has 0 bridgehead atoms. The molecule has 0 radical (unpaired) electrons. The predicted molar refractivity (Wildman–Crippen MR) is 113 cm³/mol. The van der Waals surface area contributed by atoms with Gasteiger partial charge in [0.25, 0.3) is 5.56 Å². The molecule has 1 aromatic heterocycles. The fourth-order valence-corrected chi connectivity index (χ4v) is 3.70. The van der Waals surface area contributed by atoms with Crippen molar-refractivity contribution in [3.63, 3.8) is 0 Å². The summed E-state index contributed by atoms with van der Waals surface area (Å²) in [4.78, 5) is 41.5. The van der Waals surface area contributed by atoms with E-state index in [0.717, 1.165) is 23.9 Å². The zero-order chi connectivity index (χ0) is 22.5. The van der Waals surface area contributed by atoms with E-state index >= 15 is 0 Å². The minimum Gasteiger partial charge on any atom is -0.469 e. The van der Waals surface area contributed by atoms with E-state index in [0.29, 0.717) is 10.9 Å². The molecule has 3 aromatic rings. The number of thioether (sulfide) groups is 1. The standard InChI is InChI=1S/C21H19F2N3O4S/c1-12(19(28)24-13-7-8-15(22)16(23)11-13)31-21-25-17-6-4-3-5-14(17)20(29)26(21)10-9-18(27)30-2/h3-8,11-12H,9-10H2,1-2H3,(H,24,28). The van der Waals surface area contributed by atoms with Crippen molar-refractivity contribution in [2.45, 2.75) is 30.3 Å². The summed E-state index contributed by atoms with van der Waals surface area (Å²) in [6, 6.07) is 9.80. The summed E-state index contributed by atoms with van der Waals surface area (Å²) in [5.74, 6) is -3.07. The molecule has 0 aliphatic heterocycles. The molecular formula is C21H19F2N3O4S. The van der Waals surface area contributed by atoms with Gasteiger partial charge in [0, 0.05) is 18.3 Å². The number of nitrogens with zero attached hydrogens (tertiary/aromatic N) is 2. The third-order valence-electron chi connectivity index (χ3n) is 4.43. The molecule has 1 amide bonds. The molecule has 1 heterocycles. The van der Waals surface area contributed by atoms with Crippen LogP contribution in [0.1, 0.15) is 13.3 Å². The van der Waals surface area contributed by atoms with Gasteiger partial charge < -0.3 is 10.1 Å². The predicted octanol–water partition coefficient (Wildman–Crippen LogP) is 3.36. The van der Waals surface area contributed by atoms with Crippen LogP contribution in [0.2, 0.25) is 0 Å². The van der Waals surface area contributed by atoms with E-state index < -0.39 is 28.8 Å². The SMILES string of the molecule is COC(=O)CCn1c(SC(C)C(=O)Nc2ccc(F)c(F)c2)nc2ccccc2c1=O. The second-order valence-electron chi connectivity index (χ2n) is 6.57. The van der Waals surface area contributed by atoms with Gasteiger partial charge in [0.1, 0.15) is 0 Å². The van der Waals surface area contributed by atoms with Gasteiger partial charge in [0.15, 0.2) is 16.8 Å². The molecule has 1 N–H and O–H groups in total. The lowest BCUT2D eigenvalue weighted by Crippen LogP contribution is -2.28. The maximum absolute atomic E-state index is 13.4. The Labute approximate surface area is 180 Å². The highest BCUT2D eigenvalue weighted by Gasteiger charge is 2.20. The number of para-hydroxylation sites is 1. The maximum Gasteiger partial charge on any atom is 0.307 e. The van der Waals surface area contributed by atoms with Gasteiger partial charge in [-0.1, -0.05) is 23.9 Å². The summed E-state index contributed by atoms with van der Waals surface area (Å²) in [5.41, 5.74) is 0.216. The normalized spacial score (nSPS) is 11.9. The number of aromatic nitrogens is 2. The Bertz CT molecular complexity index is 1200. The summed E-state index contributed by atoms with van der Waals surface area (Å²) in [6.45, 7) is 1.62. The van der Waals surface area contributed by atoms with Gasteiger partial charge in [-0.05, 0) is 31.2 Å². The van der Waals surface area contributed by atoms with Crippen LogP contribution in [-0.2, 0) is 20.9 Å². The van der Waals surface area contributed by atoms with E-state index in [2.05, 4.69) is 15.0 Å². The first-order valence-electron chi connectivity index (χ1n) is 9.29. The molecular weight excluding hydrogens is 428 g/mol. The molecule has 0 aliphatic rings. The van der Waals surface area contributed by atoms with Crippen LogP contribution in [0.15, 0.2) is 52.4 Å². The van der Waals surface area contributed by atoms with Crippen molar-refractivity contribution >= 4 is 40.2 Å². The average molecular weight is 447 g/mol.